The molecule has 1 saturated carbocycles. The second-order valence-electron chi connectivity index (χ2n) is 5.05. The van der Waals surface area contributed by atoms with Gasteiger partial charge in [-0.15, -0.1) is 0 Å². The molecule has 1 unspecified atom stereocenters. The highest BCUT2D eigenvalue weighted by atomic mass is 14.9. The van der Waals surface area contributed by atoms with E-state index in [4.69, 9.17) is 0 Å². The monoisotopic (exact) mass is 217 g/mol. The average Bonchev–Trinajstić information content (AvgIpc) is 3.03. The highest BCUT2D eigenvalue weighted by Gasteiger charge is 2.21. The van der Waals surface area contributed by atoms with Crippen molar-refractivity contribution in [2.45, 2.75) is 43.9 Å². The predicted molar refractivity (Wildman–Crippen MR) is 63.5 cm³/mol. The topological polar surface area (TPSA) is 37.8 Å². The Kier molecular flexibility index (Phi) is 2.87. The van der Waals surface area contributed by atoms with Crippen LogP contribution in [0, 0.1) is 0 Å². The first-order chi connectivity index (χ1) is 7.93. The van der Waals surface area contributed by atoms with E-state index < -0.39 is 0 Å². The molecule has 86 valence electrons. The number of rotatable bonds is 2. The van der Waals surface area contributed by atoms with E-state index >= 15 is 0 Å². The van der Waals surface area contributed by atoms with Crippen molar-refractivity contribution in [1.82, 2.24) is 15.3 Å². The summed E-state index contributed by atoms with van der Waals surface area (Å²) in [5, 5.41) is 3.36. The smallest absolute Gasteiger partial charge is 0.132 e. The maximum absolute atomic E-state index is 4.55. The number of hydrogen-bond acceptors (Lipinski definition) is 3. The number of aromatic nitrogens is 2. The second kappa shape index (κ2) is 4.50. The van der Waals surface area contributed by atoms with Crippen molar-refractivity contribution >= 4 is 0 Å². The first-order valence-electron chi connectivity index (χ1n) is 6.46. The molecule has 3 nitrogen and oxygen atoms in total. The molecule has 0 aromatic carbocycles. The predicted octanol–water partition coefficient (Wildman–Crippen LogP) is 2.21. The largest absolute Gasteiger partial charge is 0.316 e. The molecule has 3 heteroatoms. The average molecular weight is 217 g/mol. The van der Waals surface area contributed by atoms with Crippen molar-refractivity contribution in [3.63, 3.8) is 0 Å². The summed E-state index contributed by atoms with van der Waals surface area (Å²) in [6.45, 7) is 2.15. The molecule has 2 fully saturated rings. The molecule has 1 aromatic rings. The summed E-state index contributed by atoms with van der Waals surface area (Å²) >= 11 is 0. The number of nitrogens with zero attached hydrogens (tertiary/aromatic N) is 2. The van der Waals surface area contributed by atoms with Gasteiger partial charge in [0.2, 0.25) is 0 Å². The minimum atomic E-state index is 0.539. The molecule has 1 aliphatic heterocycles. The molecule has 1 saturated heterocycles. The Balaban J connectivity index is 1.73. The molecule has 2 heterocycles. The molecule has 1 aromatic heterocycles. The maximum Gasteiger partial charge on any atom is 0.132 e. The summed E-state index contributed by atoms with van der Waals surface area (Å²) in [6, 6.07) is 0. The summed E-state index contributed by atoms with van der Waals surface area (Å²) in [7, 11) is 0. The van der Waals surface area contributed by atoms with Crippen molar-refractivity contribution < 1.29 is 0 Å². The molecule has 0 bridgehead atoms. The van der Waals surface area contributed by atoms with Crippen molar-refractivity contribution in [2.75, 3.05) is 13.1 Å². The minimum Gasteiger partial charge on any atom is -0.316 e. The van der Waals surface area contributed by atoms with E-state index in [1.165, 1.54) is 37.7 Å². The van der Waals surface area contributed by atoms with Crippen LogP contribution in [0.15, 0.2) is 12.4 Å². The molecule has 1 aliphatic carbocycles. The van der Waals surface area contributed by atoms with Crippen LogP contribution < -0.4 is 5.32 Å². The van der Waals surface area contributed by atoms with Gasteiger partial charge in [0.25, 0.3) is 0 Å². The van der Waals surface area contributed by atoms with E-state index in [9.17, 15) is 0 Å². The fraction of sp³-hybridized carbons (Fsp3) is 0.692. The van der Waals surface area contributed by atoms with Crippen molar-refractivity contribution in [2.24, 2.45) is 0 Å². The fourth-order valence-corrected chi connectivity index (χ4v) is 2.90. The standard InChI is InChI=1S/C13H19N3/c1-2-4-10(3-1)12-8-15-13(16-9-12)11-5-6-14-7-11/h8-11,14H,1-7H2. The molecule has 2 aliphatic rings. The van der Waals surface area contributed by atoms with Crippen LogP contribution in [-0.2, 0) is 0 Å². The zero-order valence-corrected chi connectivity index (χ0v) is 9.65. The molecule has 0 radical (unpaired) electrons. The van der Waals surface area contributed by atoms with Gasteiger partial charge in [0.1, 0.15) is 5.82 Å². The van der Waals surface area contributed by atoms with Gasteiger partial charge in [-0.1, -0.05) is 12.8 Å². The van der Waals surface area contributed by atoms with Crippen molar-refractivity contribution in [3.8, 4) is 0 Å². The lowest BCUT2D eigenvalue weighted by molar-refractivity contribution is 0.675. The van der Waals surface area contributed by atoms with Crippen molar-refractivity contribution in [1.29, 1.82) is 0 Å². The Hall–Kier alpha value is -0.960. The quantitative estimate of drug-likeness (QED) is 0.825. The Morgan fingerprint density at radius 2 is 1.75 bits per heavy atom. The van der Waals surface area contributed by atoms with Crippen LogP contribution >= 0.6 is 0 Å². The number of nitrogens with one attached hydrogen (secondary N) is 1. The van der Waals surface area contributed by atoms with Crippen LogP contribution in [-0.4, -0.2) is 23.1 Å². The van der Waals surface area contributed by atoms with Gasteiger partial charge < -0.3 is 5.32 Å². The lowest BCUT2D eigenvalue weighted by atomic mass is 10.0. The van der Waals surface area contributed by atoms with Gasteiger partial charge in [0.15, 0.2) is 0 Å². The zero-order chi connectivity index (χ0) is 10.8. The van der Waals surface area contributed by atoms with Crippen molar-refractivity contribution in [3.05, 3.63) is 23.8 Å². The normalized spacial score (nSPS) is 26.4. The van der Waals surface area contributed by atoms with E-state index in [1.54, 1.807) is 0 Å². The SMILES string of the molecule is c1nc(C2CCNC2)ncc1C1CCCC1. The molecular formula is C13H19N3. The van der Waals surface area contributed by atoms with Crippen LogP contribution in [0.5, 0.6) is 0 Å². The summed E-state index contributed by atoms with van der Waals surface area (Å²) in [6.07, 6.45) is 10.7. The highest BCUT2D eigenvalue weighted by molar-refractivity contribution is 5.14. The lowest BCUT2D eigenvalue weighted by Gasteiger charge is -2.10. The van der Waals surface area contributed by atoms with Gasteiger partial charge in [0.05, 0.1) is 0 Å². The molecule has 0 spiro atoms. The molecule has 1 N–H and O–H groups in total. The minimum absolute atomic E-state index is 0.539. The van der Waals surface area contributed by atoms with E-state index in [-0.39, 0.29) is 0 Å². The molecular weight excluding hydrogens is 198 g/mol. The van der Waals surface area contributed by atoms with Gasteiger partial charge in [-0.25, -0.2) is 9.97 Å². The van der Waals surface area contributed by atoms with E-state index in [1.807, 2.05) is 0 Å². The van der Waals surface area contributed by atoms with Crippen LogP contribution in [0.2, 0.25) is 0 Å². The Labute approximate surface area is 96.7 Å². The van der Waals surface area contributed by atoms with Gasteiger partial charge in [-0.3, -0.25) is 0 Å². The Morgan fingerprint density at radius 3 is 2.38 bits per heavy atom. The van der Waals surface area contributed by atoms with E-state index in [2.05, 4.69) is 27.7 Å². The van der Waals surface area contributed by atoms with Crippen LogP contribution in [0.1, 0.15) is 55.3 Å². The van der Waals surface area contributed by atoms with Gasteiger partial charge in [-0.2, -0.15) is 0 Å². The summed E-state index contributed by atoms with van der Waals surface area (Å²) in [4.78, 5) is 9.11. The van der Waals surface area contributed by atoms with E-state index in [0.717, 1.165) is 24.8 Å². The van der Waals surface area contributed by atoms with Crippen LogP contribution in [0.3, 0.4) is 0 Å². The van der Waals surface area contributed by atoms with Gasteiger partial charge in [0, 0.05) is 24.9 Å². The third kappa shape index (κ3) is 1.96. The molecule has 1 atom stereocenters. The molecule has 0 amide bonds. The maximum atomic E-state index is 4.55. The summed E-state index contributed by atoms with van der Waals surface area (Å²) in [5.74, 6) is 2.31. The number of hydrogen-bond donors (Lipinski definition) is 1. The van der Waals surface area contributed by atoms with E-state index in [0.29, 0.717) is 5.92 Å². The fourth-order valence-electron chi connectivity index (χ4n) is 2.90. The Bertz CT molecular complexity index is 300. The summed E-state index contributed by atoms with van der Waals surface area (Å²) in [5.41, 5.74) is 1.35. The second-order valence-corrected chi connectivity index (χ2v) is 5.05. The molecule has 16 heavy (non-hydrogen) atoms. The Morgan fingerprint density at radius 1 is 1.00 bits per heavy atom. The zero-order valence-electron chi connectivity index (χ0n) is 9.65. The molecule has 3 rings (SSSR count). The lowest BCUT2D eigenvalue weighted by Crippen LogP contribution is -2.10. The van der Waals surface area contributed by atoms with Crippen LogP contribution in [0.25, 0.3) is 0 Å². The third-order valence-corrected chi connectivity index (χ3v) is 3.94. The first-order valence-corrected chi connectivity index (χ1v) is 6.46. The highest BCUT2D eigenvalue weighted by Crippen LogP contribution is 2.33. The van der Waals surface area contributed by atoms with Gasteiger partial charge in [-0.05, 0) is 37.3 Å². The van der Waals surface area contributed by atoms with Crippen LogP contribution in [0.4, 0.5) is 0 Å². The summed E-state index contributed by atoms with van der Waals surface area (Å²) < 4.78 is 0. The first kappa shape index (κ1) is 10.2. The third-order valence-electron chi connectivity index (χ3n) is 3.94. The van der Waals surface area contributed by atoms with Gasteiger partial charge >= 0.3 is 0 Å².